The third-order valence-electron chi connectivity index (χ3n) is 3.98. The molecule has 6 nitrogen and oxygen atoms in total. The number of nitrogens with one attached hydrogen (secondary N) is 2. The average Bonchev–Trinajstić information content (AvgIpc) is 2.71. The number of ether oxygens (including phenoxy) is 2. The SMILES string of the molecule is CCNC(=NCc1ccccc1OCC)NCC(O)c1ccc(OC(F)F)cc1. The van der Waals surface area contributed by atoms with Crippen LogP contribution >= 0.6 is 0 Å². The molecular weight excluding hydrogens is 380 g/mol. The number of guanidine groups is 1. The average molecular weight is 407 g/mol. The van der Waals surface area contributed by atoms with Crippen LogP contribution in [0, 0.1) is 0 Å². The molecule has 0 saturated heterocycles. The van der Waals surface area contributed by atoms with Gasteiger partial charge in [-0.2, -0.15) is 8.78 Å². The first-order chi connectivity index (χ1) is 14.0. The lowest BCUT2D eigenvalue weighted by atomic mass is 10.1. The lowest BCUT2D eigenvalue weighted by Crippen LogP contribution is -2.39. The summed E-state index contributed by atoms with van der Waals surface area (Å²) in [4.78, 5) is 4.54. The zero-order valence-corrected chi connectivity index (χ0v) is 16.6. The fourth-order valence-corrected chi connectivity index (χ4v) is 2.62. The lowest BCUT2D eigenvalue weighted by molar-refractivity contribution is -0.0498. The van der Waals surface area contributed by atoms with Crippen molar-refractivity contribution in [2.45, 2.75) is 33.1 Å². The molecule has 0 spiro atoms. The van der Waals surface area contributed by atoms with E-state index in [1.807, 2.05) is 38.1 Å². The molecule has 0 heterocycles. The van der Waals surface area contributed by atoms with Gasteiger partial charge in [0.2, 0.25) is 0 Å². The van der Waals surface area contributed by atoms with Crippen molar-refractivity contribution < 1.29 is 23.4 Å². The minimum absolute atomic E-state index is 0.0479. The monoisotopic (exact) mass is 407 g/mol. The van der Waals surface area contributed by atoms with Crippen molar-refractivity contribution in [1.29, 1.82) is 0 Å². The molecule has 0 aromatic heterocycles. The van der Waals surface area contributed by atoms with E-state index in [1.165, 1.54) is 12.1 Å². The zero-order chi connectivity index (χ0) is 21.1. The number of aliphatic imine (C=N–C) groups is 1. The van der Waals surface area contributed by atoms with Crippen molar-refractivity contribution in [3.05, 3.63) is 59.7 Å². The van der Waals surface area contributed by atoms with Gasteiger partial charge in [0.1, 0.15) is 11.5 Å². The van der Waals surface area contributed by atoms with E-state index in [0.717, 1.165) is 11.3 Å². The number of rotatable bonds is 10. The van der Waals surface area contributed by atoms with Crippen LogP contribution in [0.25, 0.3) is 0 Å². The molecule has 2 aromatic carbocycles. The van der Waals surface area contributed by atoms with Crippen LogP contribution in [0.15, 0.2) is 53.5 Å². The van der Waals surface area contributed by atoms with E-state index in [2.05, 4.69) is 20.4 Å². The molecule has 0 radical (unpaired) electrons. The van der Waals surface area contributed by atoms with Crippen molar-refractivity contribution in [1.82, 2.24) is 10.6 Å². The highest BCUT2D eigenvalue weighted by molar-refractivity contribution is 5.79. The van der Waals surface area contributed by atoms with Gasteiger partial charge in [-0.25, -0.2) is 4.99 Å². The first-order valence-corrected chi connectivity index (χ1v) is 9.49. The highest BCUT2D eigenvalue weighted by Gasteiger charge is 2.10. The molecule has 1 unspecified atom stereocenters. The lowest BCUT2D eigenvalue weighted by Gasteiger charge is -2.16. The summed E-state index contributed by atoms with van der Waals surface area (Å²) < 4.78 is 34.4. The first-order valence-electron chi connectivity index (χ1n) is 9.49. The second-order valence-electron chi connectivity index (χ2n) is 6.08. The maximum atomic E-state index is 12.2. The number of hydrogen-bond donors (Lipinski definition) is 3. The molecule has 0 aliphatic heterocycles. The maximum absolute atomic E-state index is 12.2. The van der Waals surface area contributed by atoms with Gasteiger partial charge in [-0.1, -0.05) is 30.3 Å². The predicted molar refractivity (Wildman–Crippen MR) is 108 cm³/mol. The molecule has 0 aliphatic rings. The van der Waals surface area contributed by atoms with Crippen LogP contribution in [-0.2, 0) is 6.54 Å². The van der Waals surface area contributed by atoms with Crippen molar-refractivity contribution in [3.8, 4) is 11.5 Å². The summed E-state index contributed by atoms with van der Waals surface area (Å²) in [6.45, 7) is 2.86. The fourth-order valence-electron chi connectivity index (χ4n) is 2.62. The van der Waals surface area contributed by atoms with E-state index in [4.69, 9.17) is 4.74 Å². The molecule has 2 aromatic rings. The number of nitrogens with zero attached hydrogens (tertiary/aromatic N) is 1. The van der Waals surface area contributed by atoms with E-state index >= 15 is 0 Å². The first kappa shape index (κ1) is 22.4. The summed E-state index contributed by atoms with van der Waals surface area (Å²) in [6.07, 6.45) is -0.838. The molecule has 0 bridgehead atoms. The number of halogens is 2. The van der Waals surface area contributed by atoms with Crippen molar-refractivity contribution >= 4 is 5.96 Å². The Morgan fingerprint density at radius 3 is 2.45 bits per heavy atom. The van der Waals surface area contributed by atoms with Gasteiger partial charge in [0.05, 0.1) is 19.3 Å². The highest BCUT2D eigenvalue weighted by atomic mass is 19.3. The second-order valence-corrected chi connectivity index (χ2v) is 6.08. The van der Waals surface area contributed by atoms with Crippen molar-refractivity contribution in [2.75, 3.05) is 19.7 Å². The normalized spacial score (nSPS) is 12.6. The Labute approximate surface area is 169 Å². The topological polar surface area (TPSA) is 75.1 Å². The standard InChI is InChI=1S/C21H27F2N3O3/c1-3-24-21(25-13-16-7-5-6-8-19(16)28-4-2)26-14-18(27)15-9-11-17(12-10-15)29-20(22)23/h5-12,18,20,27H,3-4,13-14H2,1-2H3,(H2,24,25,26). The van der Waals surface area contributed by atoms with E-state index < -0.39 is 12.7 Å². The number of aliphatic hydroxyl groups excluding tert-OH is 1. The van der Waals surface area contributed by atoms with E-state index in [0.29, 0.717) is 31.2 Å². The van der Waals surface area contributed by atoms with Crippen LogP contribution in [0.3, 0.4) is 0 Å². The predicted octanol–water partition coefficient (Wildman–Crippen LogP) is 3.48. The van der Waals surface area contributed by atoms with Gasteiger partial charge >= 0.3 is 6.61 Å². The fraction of sp³-hybridized carbons (Fsp3) is 0.381. The largest absolute Gasteiger partial charge is 0.494 e. The molecule has 29 heavy (non-hydrogen) atoms. The van der Waals surface area contributed by atoms with Gasteiger partial charge in [0.15, 0.2) is 5.96 Å². The summed E-state index contributed by atoms with van der Waals surface area (Å²) >= 11 is 0. The summed E-state index contributed by atoms with van der Waals surface area (Å²) in [5.41, 5.74) is 1.54. The van der Waals surface area contributed by atoms with Gasteiger partial charge in [0, 0.05) is 18.7 Å². The van der Waals surface area contributed by atoms with Crippen LogP contribution in [0.1, 0.15) is 31.1 Å². The number of alkyl halides is 2. The molecule has 0 amide bonds. The van der Waals surface area contributed by atoms with Crippen LogP contribution in [0.2, 0.25) is 0 Å². The van der Waals surface area contributed by atoms with E-state index in [9.17, 15) is 13.9 Å². The summed E-state index contributed by atoms with van der Waals surface area (Å²) in [6, 6.07) is 13.6. The second kappa shape index (κ2) is 11.9. The Morgan fingerprint density at radius 2 is 1.79 bits per heavy atom. The number of aliphatic hydroxyl groups is 1. The third kappa shape index (κ3) is 7.57. The zero-order valence-electron chi connectivity index (χ0n) is 16.6. The van der Waals surface area contributed by atoms with Crippen molar-refractivity contribution in [3.63, 3.8) is 0 Å². The van der Waals surface area contributed by atoms with Gasteiger partial charge in [-0.05, 0) is 37.6 Å². The summed E-state index contributed by atoms with van der Waals surface area (Å²) in [5.74, 6) is 1.39. The smallest absolute Gasteiger partial charge is 0.387 e. The van der Waals surface area contributed by atoms with Crippen LogP contribution in [-0.4, -0.2) is 37.4 Å². The highest BCUT2D eigenvalue weighted by Crippen LogP contribution is 2.20. The molecule has 3 N–H and O–H groups in total. The summed E-state index contributed by atoms with van der Waals surface area (Å²) in [7, 11) is 0. The minimum atomic E-state index is -2.88. The van der Waals surface area contributed by atoms with Crippen LogP contribution in [0.4, 0.5) is 8.78 Å². The number of para-hydroxylation sites is 1. The Bertz CT molecular complexity index is 770. The van der Waals surface area contributed by atoms with Gasteiger partial charge in [-0.3, -0.25) is 0 Å². The Balaban J connectivity index is 1.97. The molecule has 2 rings (SSSR count). The van der Waals surface area contributed by atoms with Gasteiger partial charge in [0.25, 0.3) is 0 Å². The number of benzene rings is 2. The molecule has 8 heteroatoms. The Kier molecular flexibility index (Phi) is 9.17. The minimum Gasteiger partial charge on any atom is -0.494 e. The molecular formula is C21H27F2N3O3. The third-order valence-corrected chi connectivity index (χ3v) is 3.98. The van der Waals surface area contributed by atoms with Gasteiger partial charge < -0.3 is 25.2 Å². The number of hydrogen-bond acceptors (Lipinski definition) is 4. The summed E-state index contributed by atoms with van der Waals surface area (Å²) in [5, 5.41) is 16.6. The van der Waals surface area contributed by atoms with Crippen LogP contribution < -0.4 is 20.1 Å². The van der Waals surface area contributed by atoms with Gasteiger partial charge in [-0.15, -0.1) is 0 Å². The quantitative estimate of drug-likeness (QED) is 0.415. The Morgan fingerprint density at radius 1 is 1.07 bits per heavy atom. The molecule has 1 atom stereocenters. The maximum Gasteiger partial charge on any atom is 0.387 e. The van der Waals surface area contributed by atoms with Crippen LogP contribution in [0.5, 0.6) is 11.5 Å². The molecule has 0 aliphatic carbocycles. The van der Waals surface area contributed by atoms with Crippen molar-refractivity contribution in [2.24, 2.45) is 4.99 Å². The molecule has 0 fully saturated rings. The van der Waals surface area contributed by atoms with E-state index in [1.54, 1.807) is 12.1 Å². The molecule has 0 saturated carbocycles. The molecule has 158 valence electrons. The van der Waals surface area contributed by atoms with E-state index in [-0.39, 0.29) is 12.3 Å². The Hall–Kier alpha value is -2.87.